The van der Waals surface area contributed by atoms with Gasteiger partial charge in [-0.25, -0.2) is 10.0 Å². The lowest BCUT2D eigenvalue weighted by Gasteiger charge is -2.20. The van der Waals surface area contributed by atoms with E-state index in [-0.39, 0.29) is 12.7 Å². The minimum absolute atomic E-state index is 0.138. The van der Waals surface area contributed by atoms with Crippen LogP contribution in [0.5, 0.6) is 23.0 Å². The van der Waals surface area contributed by atoms with E-state index >= 15 is 0 Å². The van der Waals surface area contributed by atoms with E-state index in [1.54, 1.807) is 62.8 Å². The predicted molar refractivity (Wildman–Crippen MR) is 94.1 cm³/mol. The van der Waals surface area contributed by atoms with Gasteiger partial charge in [-0.05, 0) is 55.0 Å². The van der Waals surface area contributed by atoms with Crippen molar-refractivity contribution in [3.63, 3.8) is 0 Å². The summed E-state index contributed by atoms with van der Waals surface area (Å²) in [6.45, 7) is 0.280. The predicted octanol–water partition coefficient (Wildman–Crippen LogP) is 3.72. The minimum atomic E-state index is -3.47. The van der Waals surface area contributed by atoms with E-state index in [1.165, 1.54) is 0 Å². The van der Waals surface area contributed by atoms with Crippen molar-refractivity contribution >= 4 is 7.60 Å². The number of benzene rings is 2. The Morgan fingerprint density at radius 2 is 1.24 bits per heavy atom. The first kappa shape index (κ1) is 19.1. The van der Waals surface area contributed by atoms with E-state index in [1.807, 2.05) is 5.48 Å². The highest BCUT2D eigenvalue weighted by atomic mass is 31.2. The number of ether oxygens (including phenoxy) is 2. The SMILES string of the molecule is COc1ccc(OP(=O)(CCCNO)Oc2ccc(OC)cc2)cc1. The molecule has 0 heterocycles. The molecule has 0 fully saturated rings. The first-order chi connectivity index (χ1) is 12.1. The molecule has 0 amide bonds. The van der Waals surface area contributed by atoms with E-state index < -0.39 is 7.60 Å². The molecule has 8 heteroatoms. The summed E-state index contributed by atoms with van der Waals surface area (Å²) in [7, 11) is -0.343. The third-order valence-electron chi connectivity index (χ3n) is 3.33. The van der Waals surface area contributed by atoms with Crippen molar-refractivity contribution in [2.75, 3.05) is 26.9 Å². The molecule has 2 aromatic carbocycles. The monoisotopic (exact) mass is 367 g/mol. The van der Waals surface area contributed by atoms with Crippen LogP contribution < -0.4 is 24.0 Å². The van der Waals surface area contributed by atoms with Crippen LogP contribution in [-0.4, -0.2) is 32.1 Å². The standard InChI is InChI=1S/C17H22NO6P/c1-21-14-4-8-16(9-5-14)23-25(20,13-3-12-18-19)24-17-10-6-15(22-2)7-11-17/h4-11,18-19H,3,12-13H2,1-2H3. The zero-order chi connectivity index (χ0) is 18.1. The highest BCUT2D eigenvalue weighted by molar-refractivity contribution is 7.54. The highest BCUT2D eigenvalue weighted by Gasteiger charge is 2.27. The maximum absolute atomic E-state index is 13.1. The van der Waals surface area contributed by atoms with E-state index in [4.69, 9.17) is 23.7 Å². The molecule has 0 saturated heterocycles. The van der Waals surface area contributed by atoms with Crippen LogP contribution in [0.15, 0.2) is 48.5 Å². The largest absolute Gasteiger partial charge is 0.497 e. The van der Waals surface area contributed by atoms with Crippen LogP contribution in [0.3, 0.4) is 0 Å². The number of methoxy groups -OCH3 is 2. The lowest BCUT2D eigenvalue weighted by atomic mass is 10.3. The third kappa shape index (κ3) is 5.98. The number of hydrogen-bond donors (Lipinski definition) is 2. The maximum Gasteiger partial charge on any atom is 0.430 e. The number of hydrogen-bond acceptors (Lipinski definition) is 7. The molecular weight excluding hydrogens is 345 g/mol. The van der Waals surface area contributed by atoms with Crippen LogP contribution in [0.1, 0.15) is 6.42 Å². The number of rotatable bonds is 10. The summed E-state index contributed by atoms with van der Waals surface area (Å²) in [4.78, 5) is 0. The topological polar surface area (TPSA) is 86.3 Å². The van der Waals surface area contributed by atoms with Crippen molar-refractivity contribution in [3.05, 3.63) is 48.5 Å². The number of hydroxylamine groups is 1. The van der Waals surface area contributed by atoms with Crippen LogP contribution in [0, 0.1) is 0 Å². The molecule has 2 N–H and O–H groups in total. The van der Waals surface area contributed by atoms with Gasteiger partial charge in [0, 0.05) is 6.54 Å². The van der Waals surface area contributed by atoms with Crippen molar-refractivity contribution < 1.29 is 28.3 Å². The summed E-state index contributed by atoms with van der Waals surface area (Å²) in [5.41, 5.74) is 2.03. The van der Waals surface area contributed by atoms with Gasteiger partial charge in [0.05, 0.1) is 20.4 Å². The highest BCUT2D eigenvalue weighted by Crippen LogP contribution is 2.49. The average Bonchev–Trinajstić information content (AvgIpc) is 2.63. The summed E-state index contributed by atoms with van der Waals surface area (Å²) < 4.78 is 34.6. The lowest BCUT2D eigenvalue weighted by Crippen LogP contribution is -2.13. The summed E-state index contributed by atoms with van der Waals surface area (Å²) >= 11 is 0. The van der Waals surface area contributed by atoms with Gasteiger partial charge in [-0.3, -0.25) is 0 Å². The average molecular weight is 367 g/mol. The minimum Gasteiger partial charge on any atom is -0.497 e. The zero-order valence-corrected chi connectivity index (χ0v) is 15.1. The van der Waals surface area contributed by atoms with Crippen molar-refractivity contribution in [2.45, 2.75) is 6.42 Å². The first-order valence-corrected chi connectivity index (χ1v) is 9.44. The molecule has 7 nitrogen and oxygen atoms in total. The molecule has 0 saturated carbocycles. The van der Waals surface area contributed by atoms with Crippen molar-refractivity contribution in [1.82, 2.24) is 5.48 Å². The molecule has 0 unspecified atom stereocenters. The molecule has 0 spiro atoms. The Kier molecular flexibility index (Phi) is 7.13. The van der Waals surface area contributed by atoms with Gasteiger partial charge < -0.3 is 23.7 Å². The summed E-state index contributed by atoms with van der Waals surface area (Å²) in [6.07, 6.45) is 0.554. The Morgan fingerprint density at radius 3 is 1.60 bits per heavy atom. The van der Waals surface area contributed by atoms with Gasteiger partial charge in [-0.2, -0.15) is 0 Å². The van der Waals surface area contributed by atoms with Gasteiger partial charge >= 0.3 is 7.60 Å². The molecule has 25 heavy (non-hydrogen) atoms. The third-order valence-corrected chi connectivity index (χ3v) is 5.17. The van der Waals surface area contributed by atoms with E-state index in [2.05, 4.69) is 0 Å². The van der Waals surface area contributed by atoms with Crippen LogP contribution in [0.2, 0.25) is 0 Å². The fraction of sp³-hybridized carbons (Fsp3) is 0.294. The Bertz CT molecular complexity index is 636. The van der Waals surface area contributed by atoms with Gasteiger partial charge in [0.15, 0.2) is 0 Å². The summed E-state index contributed by atoms with van der Waals surface area (Å²) in [5, 5.41) is 8.71. The van der Waals surface area contributed by atoms with Crippen LogP contribution in [0.4, 0.5) is 0 Å². The van der Waals surface area contributed by atoms with Gasteiger partial charge in [-0.15, -0.1) is 0 Å². The van der Waals surface area contributed by atoms with Crippen molar-refractivity contribution in [1.29, 1.82) is 0 Å². The van der Waals surface area contributed by atoms with Gasteiger partial charge in [0.2, 0.25) is 0 Å². The molecular formula is C17H22NO6P. The quantitative estimate of drug-likeness (QED) is 0.376. The lowest BCUT2D eigenvalue weighted by molar-refractivity contribution is 0.167. The fourth-order valence-corrected chi connectivity index (χ4v) is 3.71. The summed E-state index contributed by atoms with van der Waals surface area (Å²) in [6, 6.07) is 13.5. The normalized spacial score (nSPS) is 11.0. The second-order valence-corrected chi connectivity index (χ2v) is 7.16. The van der Waals surface area contributed by atoms with Gasteiger partial charge in [-0.1, -0.05) is 0 Å². The molecule has 0 aliphatic carbocycles. The van der Waals surface area contributed by atoms with Crippen molar-refractivity contribution in [3.8, 4) is 23.0 Å². The zero-order valence-electron chi connectivity index (χ0n) is 14.2. The molecule has 0 aliphatic rings. The van der Waals surface area contributed by atoms with Crippen LogP contribution in [-0.2, 0) is 4.57 Å². The maximum atomic E-state index is 13.1. The Hall–Kier alpha value is -2.21. The second-order valence-electron chi connectivity index (χ2n) is 5.13. The molecule has 0 atom stereocenters. The van der Waals surface area contributed by atoms with E-state index in [0.717, 1.165) is 0 Å². The second kappa shape index (κ2) is 9.32. The molecule has 136 valence electrons. The Labute approximate surface area is 147 Å². The molecule has 0 radical (unpaired) electrons. The molecule has 0 aromatic heterocycles. The van der Waals surface area contributed by atoms with Crippen molar-refractivity contribution in [2.24, 2.45) is 0 Å². The number of nitrogens with one attached hydrogen (secondary N) is 1. The van der Waals surface area contributed by atoms with Gasteiger partial charge in [0.1, 0.15) is 23.0 Å². The molecule has 0 bridgehead atoms. The molecule has 0 aliphatic heterocycles. The Morgan fingerprint density at radius 1 is 0.840 bits per heavy atom. The fourth-order valence-electron chi connectivity index (χ4n) is 2.06. The van der Waals surface area contributed by atoms with E-state index in [0.29, 0.717) is 29.4 Å². The summed E-state index contributed by atoms with van der Waals surface area (Å²) in [5.74, 6) is 2.16. The smallest absolute Gasteiger partial charge is 0.430 e. The molecule has 2 rings (SSSR count). The van der Waals surface area contributed by atoms with Crippen LogP contribution in [0.25, 0.3) is 0 Å². The Balaban J connectivity index is 2.14. The van der Waals surface area contributed by atoms with E-state index in [9.17, 15) is 4.57 Å². The van der Waals surface area contributed by atoms with Gasteiger partial charge in [0.25, 0.3) is 0 Å². The van der Waals surface area contributed by atoms with Crippen LogP contribution >= 0.6 is 7.60 Å². The molecule has 2 aromatic rings. The first-order valence-electron chi connectivity index (χ1n) is 7.72.